The van der Waals surface area contributed by atoms with Gasteiger partial charge in [-0.15, -0.1) is 0 Å². The Hall–Kier alpha value is -2.38. The Morgan fingerprint density at radius 3 is 2.72 bits per heavy atom. The van der Waals surface area contributed by atoms with Gasteiger partial charge in [0, 0.05) is 23.3 Å². The quantitative estimate of drug-likeness (QED) is 0.561. The van der Waals surface area contributed by atoms with Crippen LogP contribution in [0, 0.1) is 30.6 Å². The summed E-state index contributed by atoms with van der Waals surface area (Å²) in [4.78, 5) is 42.7. The second kappa shape index (κ2) is 9.49. The highest BCUT2D eigenvalue weighted by atomic mass is 35.5. The monoisotopic (exact) mass is 513 g/mol. The number of nitrogens with zero attached hydrogens (tertiary/aromatic N) is 1. The number of anilines is 1. The molecule has 1 saturated carbocycles. The third-order valence-electron chi connectivity index (χ3n) is 8.86. The minimum absolute atomic E-state index is 0.0724. The largest absolute Gasteiger partial charge is 0.359 e. The van der Waals surface area contributed by atoms with E-state index in [4.69, 9.17) is 16.3 Å². The van der Waals surface area contributed by atoms with Gasteiger partial charge in [0.1, 0.15) is 11.6 Å². The van der Waals surface area contributed by atoms with E-state index in [1.165, 1.54) is 6.42 Å². The number of aryl methyl sites for hydroxylation is 1. The Labute approximate surface area is 218 Å². The Morgan fingerprint density at radius 1 is 1.22 bits per heavy atom. The summed E-state index contributed by atoms with van der Waals surface area (Å²) in [5, 5.41) is 6.76. The molecular formula is C28H36ClN3O4. The van der Waals surface area contributed by atoms with E-state index >= 15 is 0 Å². The number of carbonyl (C=O) groups is 3. The van der Waals surface area contributed by atoms with Crippen molar-refractivity contribution >= 4 is 35.0 Å². The lowest BCUT2D eigenvalue weighted by Gasteiger charge is -2.38. The Bertz CT molecular complexity index is 1110. The van der Waals surface area contributed by atoms with Crippen molar-refractivity contribution in [3.63, 3.8) is 0 Å². The minimum Gasteiger partial charge on any atom is -0.359 e. The Balaban J connectivity index is 1.42. The van der Waals surface area contributed by atoms with Crippen molar-refractivity contribution in [3.8, 4) is 0 Å². The van der Waals surface area contributed by atoms with E-state index in [-0.39, 0.29) is 23.8 Å². The highest BCUT2D eigenvalue weighted by Gasteiger charge is 2.72. The molecule has 194 valence electrons. The molecule has 1 aliphatic carbocycles. The zero-order valence-corrected chi connectivity index (χ0v) is 22.2. The molecule has 8 atom stereocenters. The number of rotatable bonds is 6. The predicted octanol–water partition coefficient (Wildman–Crippen LogP) is 4.09. The van der Waals surface area contributed by atoms with E-state index < -0.39 is 29.6 Å². The number of ether oxygens (including phenoxy) is 1. The van der Waals surface area contributed by atoms with Gasteiger partial charge in [-0.2, -0.15) is 0 Å². The van der Waals surface area contributed by atoms with Gasteiger partial charge >= 0.3 is 0 Å². The smallest absolute Gasteiger partial charge is 0.246 e. The number of benzene rings is 1. The van der Waals surface area contributed by atoms with Crippen molar-refractivity contribution < 1.29 is 19.1 Å². The molecule has 1 spiro atoms. The second-order valence-electron chi connectivity index (χ2n) is 11.1. The molecule has 8 heteroatoms. The van der Waals surface area contributed by atoms with Gasteiger partial charge in [-0.05, 0) is 49.3 Å². The summed E-state index contributed by atoms with van der Waals surface area (Å²) in [6.07, 6.45) is 7.05. The van der Waals surface area contributed by atoms with Crippen LogP contribution in [0.25, 0.3) is 0 Å². The van der Waals surface area contributed by atoms with Crippen molar-refractivity contribution in [1.82, 2.24) is 10.2 Å². The fourth-order valence-corrected chi connectivity index (χ4v) is 6.87. The summed E-state index contributed by atoms with van der Waals surface area (Å²) in [7, 11) is 0. The first-order valence-electron chi connectivity index (χ1n) is 13.2. The molecule has 5 rings (SSSR count). The maximum atomic E-state index is 13.8. The second-order valence-corrected chi connectivity index (χ2v) is 11.5. The van der Waals surface area contributed by atoms with Crippen molar-refractivity contribution in [3.05, 3.63) is 40.9 Å². The predicted molar refractivity (Wildman–Crippen MR) is 138 cm³/mol. The van der Waals surface area contributed by atoms with Crippen LogP contribution in [0.15, 0.2) is 30.4 Å². The molecule has 7 nitrogen and oxygen atoms in total. The van der Waals surface area contributed by atoms with Crippen LogP contribution >= 0.6 is 11.6 Å². The van der Waals surface area contributed by atoms with Crippen LogP contribution in [0.4, 0.5) is 5.69 Å². The maximum Gasteiger partial charge on any atom is 0.246 e. The molecule has 2 saturated heterocycles. The van der Waals surface area contributed by atoms with E-state index in [1.807, 2.05) is 32.1 Å². The summed E-state index contributed by atoms with van der Waals surface area (Å²) in [5.41, 5.74) is 0.357. The molecule has 3 fully saturated rings. The van der Waals surface area contributed by atoms with Crippen molar-refractivity contribution in [2.75, 3.05) is 11.9 Å². The van der Waals surface area contributed by atoms with Gasteiger partial charge in [0.2, 0.25) is 17.7 Å². The molecule has 1 aromatic carbocycles. The Kier molecular flexibility index (Phi) is 6.66. The van der Waals surface area contributed by atoms with Gasteiger partial charge < -0.3 is 20.3 Å². The first-order chi connectivity index (χ1) is 17.2. The van der Waals surface area contributed by atoms with Gasteiger partial charge in [0.15, 0.2) is 0 Å². The molecule has 2 N–H and O–H groups in total. The van der Waals surface area contributed by atoms with Crippen molar-refractivity contribution in [2.45, 2.75) is 77.2 Å². The lowest BCUT2D eigenvalue weighted by molar-refractivity contribution is -0.141. The minimum atomic E-state index is -1.13. The standard InChI is InChI=1S/C28H36ClN3O4/c1-5-13-32-24(26(34)31-20-8-6-7-15(2)17(20)4)28-12-11-21(36-28)22(23(28)27(32)35)25(33)30-18-10-9-16(3)19(29)14-18/h9-12,14-15,17,20-24H,5-8,13H2,1-4H3,(H,30,33)(H,31,34)/t15-,17+,20+,21+,22+,23+,24-,28-/m0/s1. The molecule has 2 bridgehead atoms. The highest BCUT2D eigenvalue weighted by Crippen LogP contribution is 2.55. The molecule has 0 radical (unpaired) electrons. The third kappa shape index (κ3) is 3.95. The average Bonchev–Trinajstić information content (AvgIpc) is 3.47. The molecule has 3 amide bonds. The topological polar surface area (TPSA) is 87.7 Å². The fraction of sp³-hybridized carbons (Fsp3) is 0.607. The molecule has 0 unspecified atom stereocenters. The number of nitrogens with one attached hydrogen (secondary N) is 2. The first kappa shape index (κ1) is 25.3. The fourth-order valence-electron chi connectivity index (χ4n) is 6.69. The molecular weight excluding hydrogens is 478 g/mol. The van der Waals surface area contributed by atoms with E-state index in [1.54, 1.807) is 17.0 Å². The Morgan fingerprint density at radius 2 is 2.00 bits per heavy atom. The lowest BCUT2D eigenvalue weighted by atomic mass is 9.73. The number of carbonyl (C=O) groups excluding carboxylic acids is 3. The summed E-state index contributed by atoms with van der Waals surface area (Å²) in [6, 6.07) is 4.63. The molecule has 1 aromatic rings. The number of fused-ring (bicyclic) bond motifs is 1. The molecule has 36 heavy (non-hydrogen) atoms. The van der Waals surface area contributed by atoms with Crippen LogP contribution in [0.2, 0.25) is 5.02 Å². The van der Waals surface area contributed by atoms with Crippen LogP contribution < -0.4 is 10.6 Å². The van der Waals surface area contributed by atoms with Gasteiger partial charge in [-0.1, -0.05) is 63.4 Å². The van der Waals surface area contributed by atoms with Crippen molar-refractivity contribution in [1.29, 1.82) is 0 Å². The number of hydrogen-bond acceptors (Lipinski definition) is 4. The van der Waals surface area contributed by atoms with Crippen LogP contribution in [-0.4, -0.2) is 53.0 Å². The van der Waals surface area contributed by atoms with Crippen LogP contribution in [0.5, 0.6) is 0 Å². The van der Waals surface area contributed by atoms with E-state index in [9.17, 15) is 14.4 Å². The third-order valence-corrected chi connectivity index (χ3v) is 9.27. The average molecular weight is 514 g/mol. The van der Waals surface area contributed by atoms with Gasteiger partial charge in [0.25, 0.3) is 0 Å². The van der Waals surface area contributed by atoms with Crippen molar-refractivity contribution in [2.24, 2.45) is 23.7 Å². The van der Waals surface area contributed by atoms with Crippen LogP contribution in [0.3, 0.4) is 0 Å². The van der Waals surface area contributed by atoms with Crippen LogP contribution in [0.1, 0.15) is 52.0 Å². The zero-order valence-electron chi connectivity index (χ0n) is 21.4. The lowest BCUT2D eigenvalue weighted by Crippen LogP contribution is -2.57. The summed E-state index contributed by atoms with van der Waals surface area (Å²) in [5.74, 6) is -1.21. The highest BCUT2D eigenvalue weighted by molar-refractivity contribution is 6.31. The van der Waals surface area contributed by atoms with E-state index in [0.717, 1.165) is 18.4 Å². The van der Waals surface area contributed by atoms with Gasteiger partial charge in [0.05, 0.1) is 17.9 Å². The van der Waals surface area contributed by atoms with Gasteiger partial charge in [-0.25, -0.2) is 0 Å². The zero-order chi connectivity index (χ0) is 25.8. The summed E-state index contributed by atoms with van der Waals surface area (Å²) >= 11 is 6.25. The van der Waals surface area contributed by atoms with Gasteiger partial charge in [-0.3, -0.25) is 14.4 Å². The molecule has 3 heterocycles. The van der Waals surface area contributed by atoms with Crippen LogP contribution in [-0.2, 0) is 19.1 Å². The normalized spacial score (nSPS) is 36.8. The summed E-state index contributed by atoms with van der Waals surface area (Å²) in [6.45, 7) is 8.74. The SMILES string of the molecule is CCCN1C(=O)[C@H]2[C@H](C(=O)Nc3ccc(C)c(Cl)c3)[C@H]3C=C[C@@]2(O3)[C@@H]1C(=O)N[C@@H]1CCC[C@H](C)[C@H]1C. The first-order valence-corrected chi connectivity index (χ1v) is 13.6. The van der Waals surface area contributed by atoms with E-state index in [0.29, 0.717) is 35.5 Å². The number of hydrogen-bond donors (Lipinski definition) is 2. The molecule has 3 aliphatic heterocycles. The number of likely N-dealkylation sites (tertiary alicyclic amines) is 1. The molecule has 4 aliphatic rings. The van der Waals surface area contributed by atoms with E-state index in [2.05, 4.69) is 24.5 Å². The number of halogens is 1. The maximum absolute atomic E-state index is 13.8. The summed E-state index contributed by atoms with van der Waals surface area (Å²) < 4.78 is 6.39. The molecule has 0 aromatic heterocycles. The number of amides is 3.